The maximum absolute atomic E-state index is 14.6. The number of anilines is 1. The summed E-state index contributed by atoms with van der Waals surface area (Å²) in [5.74, 6) is -1.68. The first-order chi connectivity index (χ1) is 21.2. The van der Waals surface area contributed by atoms with Gasteiger partial charge in [0.2, 0.25) is 5.91 Å². The highest BCUT2D eigenvalue weighted by atomic mass is 32.2. The number of pyridine rings is 2. The first-order valence-electron chi connectivity index (χ1n) is 14.0. The Balaban J connectivity index is 1.59. The maximum atomic E-state index is 14.6. The fourth-order valence-corrected chi connectivity index (χ4v) is 5.63. The normalized spacial score (nSPS) is 16.4. The van der Waals surface area contributed by atoms with E-state index in [0.29, 0.717) is 36.3 Å². The summed E-state index contributed by atoms with van der Waals surface area (Å²) >= 11 is 0. The average molecular weight is 646 g/mol. The number of nitrogens with one attached hydrogen (secondary N) is 1. The Bertz CT molecular complexity index is 1720. The zero-order valence-electron chi connectivity index (χ0n) is 25.3. The molecular weight excluding hydrogens is 611 g/mol. The molecule has 14 heteroatoms. The number of carbonyl (C=O) groups is 2. The minimum atomic E-state index is -3.54. The molecule has 1 fully saturated rings. The van der Waals surface area contributed by atoms with E-state index >= 15 is 0 Å². The Kier molecular flexibility index (Phi) is 10.3. The van der Waals surface area contributed by atoms with Gasteiger partial charge in [-0.05, 0) is 61.7 Å². The van der Waals surface area contributed by atoms with Crippen molar-refractivity contribution in [2.24, 2.45) is 0 Å². The number of hydrogen-bond donors (Lipinski definition) is 1. The van der Waals surface area contributed by atoms with E-state index in [2.05, 4.69) is 21.9 Å². The van der Waals surface area contributed by atoms with Crippen molar-refractivity contribution in [2.45, 2.75) is 44.2 Å². The third-order valence-electron chi connectivity index (χ3n) is 7.49. The van der Waals surface area contributed by atoms with E-state index < -0.39 is 45.3 Å². The van der Waals surface area contributed by atoms with Crippen LogP contribution in [0.3, 0.4) is 0 Å². The number of alkyl halides is 2. The number of piperazine rings is 1. The van der Waals surface area contributed by atoms with Gasteiger partial charge in [-0.15, -0.1) is 0 Å². The molecule has 240 valence electrons. The molecule has 1 aliphatic rings. The molecule has 45 heavy (non-hydrogen) atoms. The first kappa shape index (κ1) is 33.6. The lowest BCUT2D eigenvalue weighted by Gasteiger charge is -2.40. The lowest BCUT2D eigenvalue weighted by molar-refractivity contribution is -0.130. The molecule has 1 saturated heterocycles. The topological polar surface area (TPSA) is 122 Å². The van der Waals surface area contributed by atoms with Gasteiger partial charge in [0, 0.05) is 44.7 Å². The van der Waals surface area contributed by atoms with E-state index in [4.69, 9.17) is 4.74 Å². The number of sulfone groups is 1. The molecule has 1 aliphatic heterocycles. The number of aryl methyl sites for hydroxylation is 2. The third kappa shape index (κ3) is 8.05. The van der Waals surface area contributed by atoms with Crippen LogP contribution in [-0.2, 0) is 14.6 Å². The van der Waals surface area contributed by atoms with Crippen molar-refractivity contribution in [1.82, 2.24) is 19.8 Å². The molecule has 0 aliphatic carbocycles. The van der Waals surface area contributed by atoms with Gasteiger partial charge in [-0.1, -0.05) is 18.7 Å². The van der Waals surface area contributed by atoms with Crippen molar-refractivity contribution in [2.75, 3.05) is 37.8 Å². The van der Waals surface area contributed by atoms with Gasteiger partial charge in [-0.25, -0.2) is 31.6 Å². The summed E-state index contributed by atoms with van der Waals surface area (Å²) in [4.78, 5) is 36.8. The summed E-state index contributed by atoms with van der Waals surface area (Å²) in [6.45, 7) is 10.3. The summed E-state index contributed by atoms with van der Waals surface area (Å²) < 4.78 is 72.7. The van der Waals surface area contributed by atoms with Crippen molar-refractivity contribution < 1.29 is 35.9 Å². The van der Waals surface area contributed by atoms with Crippen LogP contribution in [0.25, 0.3) is 0 Å². The SMILES string of the molecule is C=CC(=O)N1CCN(C[C@@H](Oc2cnc(C(=O)Nc3ncc(S(C)(=O)=O)cc3C)c(C(F)F)c2)c2ccc(C)c(F)c2)C[C@H]1C. The van der Waals surface area contributed by atoms with Gasteiger partial charge in [-0.2, -0.15) is 0 Å². The lowest BCUT2D eigenvalue weighted by atomic mass is 10.0. The summed E-state index contributed by atoms with van der Waals surface area (Å²) in [5.41, 5.74) is -0.0674. The molecule has 2 amide bonds. The number of rotatable bonds is 10. The number of carbonyl (C=O) groups excluding carboxylic acids is 2. The smallest absolute Gasteiger partial charge is 0.275 e. The first-order valence-corrected chi connectivity index (χ1v) is 15.9. The minimum Gasteiger partial charge on any atom is -0.483 e. The van der Waals surface area contributed by atoms with Crippen LogP contribution in [0.2, 0.25) is 0 Å². The Labute approximate surface area is 259 Å². The highest BCUT2D eigenvalue weighted by Gasteiger charge is 2.29. The highest BCUT2D eigenvalue weighted by Crippen LogP contribution is 2.31. The van der Waals surface area contributed by atoms with Crippen LogP contribution in [0.5, 0.6) is 5.75 Å². The van der Waals surface area contributed by atoms with Crippen molar-refractivity contribution in [3.63, 3.8) is 0 Å². The monoisotopic (exact) mass is 645 g/mol. The van der Waals surface area contributed by atoms with Crippen molar-refractivity contribution >= 4 is 27.5 Å². The maximum Gasteiger partial charge on any atom is 0.275 e. The number of amides is 2. The number of hydrogen-bond acceptors (Lipinski definition) is 8. The van der Waals surface area contributed by atoms with Crippen LogP contribution in [0, 0.1) is 19.7 Å². The average Bonchev–Trinajstić information content (AvgIpc) is 2.98. The van der Waals surface area contributed by atoms with Gasteiger partial charge in [0.15, 0.2) is 9.84 Å². The molecule has 0 unspecified atom stereocenters. The molecule has 4 rings (SSSR count). The van der Waals surface area contributed by atoms with Crippen LogP contribution in [0.1, 0.15) is 52.2 Å². The summed E-state index contributed by atoms with van der Waals surface area (Å²) in [5, 5.41) is 2.41. The van der Waals surface area contributed by atoms with Gasteiger partial charge in [0.1, 0.15) is 29.2 Å². The van der Waals surface area contributed by atoms with E-state index in [1.807, 2.05) is 11.8 Å². The van der Waals surface area contributed by atoms with Crippen molar-refractivity contribution in [3.8, 4) is 5.75 Å². The molecule has 0 saturated carbocycles. The molecule has 1 N–H and O–H groups in total. The van der Waals surface area contributed by atoms with Gasteiger partial charge >= 0.3 is 0 Å². The van der Waals surface area contributed by atoms with Crippen LogP contribution < -0.4 is 10.1 Å². The lowest BCUT2D eigenvalue weighted by Crippen LogP contribution is -2.54. The Morgan fingerprint density at radius 3 is 2.47 bits per heavy atom. The molecule has 3 aromatic rings. The summed E-state index contributed by atoms with van der Waals surface area (Å²) in [7, 11) is -3.54. The van der Waals surface area contributed by atoms with Gasteiger partial charge in [0.25, 0.3) is 12.3 Å². The second kappa shape index (κ2) is 13.8. The minimum absolute atomic E-state index is 0.0136. The van der Waals surface area contributed by atoms with Gasteiger partial charge in [0.05, 0.1) is 16.7 Å². The Morgan fingerprint density at radius 1 is 1.13 bits per heavy atom. The molecular formula is C31H34F3N5O5S. The van der Waals surface area contributed by atoms with E-state index in [1.165, 1.54) is 25.1 Å². The van der Waals surface area contributed by atoms with Gasteiger partial charge < -0.3 is 15.0 Å². The summed E-state index contributed by atoms with van der Waals surface area (Å²) in [6, 6.07) is 6.80. The van der Waals surface area contributed by atoms with E-state index in [0.717, 1.165) is 24.7 Å². The standard InChI is InChI=1S/C31H34F3N5O5S/c1-6-27(40)39-10-9-38(16-20(39)4)17-26(21-8-7-18(2)25(32)12-21)44-22-13-24(29(33)34)28(35-14-22)31(41)37-30-19(3)11-23(15-36-30)45(5,42)43/h6-8,11-15,20,26,29H,1,9-10,16-17H2,2-5H3,(H,36,37,41)/t20-,26-/m1/s1. The zero-order valence-corrected chi connectivity index (χ0v) is 26.1. The molecule has 0 radical (unpaired) electrons. The predicted octanol–water partition coefficient (Wildman–Crippen LogP) is 4.66. The molecule has 10 nitrogen and oxygen atoms in total. The van der Waals surface area contributed by atoms with Crippen molar-refractivity contribution in [3.05, 3.63) is 89.1 Å². The predicted molar refractivity (Wildman–Crippen MR) is 162 cm³/mol. The zero-order chi connectivity index (χ0) is 33.1. The highest BCUT2D eigenvalue weighted by molar-refractivity contribution is 7.90. The molecule has 0 bridgehead atoms. The molecule has 2 atom stereocenters. The Hall–Kier alpha value is -4.30. The van der Waals surface area contributed by atoms with Gasteiger partial charge in [-0.3, -0.25) is 14.5 Å². The van der Waals surface area contributed by atoms with Crippen molar-refractivity contribution in [1.29, 1.82) is 0 Å². The van der Waals surface area contributed by atoms with E-state index in [9.17, 15) is 31.2 Å². The molecule has 0 spiro atoms. The number of benzene rings is 1. The van der Waals surface area contributed by atoms with E-state index in [1.54, 1.807) is 24.0 Å². The molecule has 3 heterocycles. The number of aromatic nitrogens is 2. The number of halogens is 3. The fraction of sp³-hybridized carbons (Fsp3) is 0.355. The quantitative estimate of drug-likeness (QED) is 0.316. The molecule has 1 aromatic carbocycles. The number of ether oxygens (including phenoxy) is 1. The number of nitrogens with zero attached hydrogens (tertiary/aromatic N) is 4. The molecule has 2 aromatic heterocycles. The second-order valence-electron chi connectivity index (χ2n) is 10.9. The summed E-state index contributed by atoms with van der Waals surface area (Å²) in [6.07, 6.45) is 0.557. The second-order valence-corrected chi connectivity index (χ2v) is 12.9. The Morgan fingerprint density at radius 2 is 1.87 bits per heavy atom. The third-order valence-corrected chi connectivity index (χ3v) is 8.57. The largest absolute Gasteiger partial charge is 0.483 e. The van der Waals surface area contributed by atoms with Crippen LogP contribution in [0.15, 0.2) is 60.3 Å². The van der Waals surface area contributed by atoms with Crippen LogP contribution in [-0.4, -0.2) is 78.5 Å². The van der Waals surface area contributed by atoms with E-state index in [-0.39, 0.29) is 35.0 Å². The van der Waals surface area contributed by atoms with Crippen LogP contribution in [0.4, 0.5) is 19.0 Å². The fourth-order valence-electron chi connectivity index (χ4n) is 4.99. The van der Waals surface area contributed by atoms with Crippen LogP contribution >= 0.6 is 0 Å².